The first-order chi connectivity index (χ1) is 9.12. The lowest BCUT2D eigenvalue weighted by atomic mass is 10.1. The largest absolute Gasteiger partial charge is 0.496 e. The average Bonchev–Trinajstić information content (AvgIpc) is 2.45. The first-order valence-corrected chi connectivity index (χ1v) is 5.62. The molecule has 0 aromatic heterocycles. The van der Waals surface area contributed by atoms with Gasteiger partial charge in [-0.15, -0.1) is 0 Å². The molecule has 1 rings (SSSR count). The van der Waals surface area contributed by atoms with Crippen molar-refractivity contribution in [1.29, 1.82) is 0 Å². The van der Waals surface area contributed by atoms with E-state index in [4.69, 9.17) is 4.74 Å². The highest BCUT2D eigenvalue weighted by molar-refractivity contribution is 5.92. The standard InChI is InChI=1S/C14H16O5/c1-17-12-9-10(5-4-6-13(15)18-2)7-8-11(12)14(16)19-3/h4-5,7-9H,6H2,1-3H3. The summed E-state index contributed by atoms with van der Waals surface area (Å²) >= 11 is 0. The summed E-state index contributed by atoms with van der Waals surface area (Å²) in [5, 5.41) is 0. The van der Waals surface area contributed by atoms with Crippen LogP contribution in [-0.4, -0.2) is 33.3 Å². The van der Waals surface area contributed by atoms with Crippen LogP contribution in [-0.2, 0) is 14.3 Å². The van der Waals surface area contributed by atoms with Crippen LogP contribution >= 0.6 is 0 Å². The summed E-state index contributed by atoms with van der Waals surface area (Å²) in [7, 11) is 4.13. The van der Waals surface area contributed by atoms with Crippen molar-refractivity contribution in [2.45, 2.75) is 6.42 Å². The highest BCUT2D eigenvalue weighted by Crippen LogP contribution is 2.21. The molecule has 0 heterocycles. The van der Waals surface area contributed by atoms with E-state index in [1.54, 1.807) is 30.4 Å². The number of rotatable bonds is 5. The monoisotopic (exact) mass is 264 g/mol. The van der Waals surface area contributed by atoms with Crippen molar-refractivity contribution in [2.75, 3.05) is 21.3 Å². The molecule has 102 valence electrons. The van der Waals surface area contributed by atoms with Crippen molar-refractivity contribution in [3.63, 3.8) is 0 Å². The number of hydrogen-bond donors (Lipinski definition) is 0. The van der Waals surface area contributed by atoms with E-state index in [1.165, 1.54) is 21.3 Å². The van der Waals surface area contributed by atoms with Crippen LogP contribution in [0.3, 0.4) is 0 Å². The fraction of sp³-hybridized carbons (Fsp3) is 0.286. The Kier molecular flexibility index (Phi) is 5.60. The van der Waals surface area contributed by atoms with Gasteiger partial charge in [0.25, 0.3) is 0 Å². The van der Waals surface area contributed by atoms with Gasteiger partial charge in [-0.05, 0) is 17.7 Å². The number of carbonyl (C=O) groups excluding carboxylic acids is 2. The molecule has 1 aromatic carbocycles. The second-order valence-electron chi connectivity index (χ2n) is 3.63. The molecular formula is C14H16O5. The number of benzene rings is 1. The van der Waals surface area contributed by atoms with Gasteiger partial charge in [0.1, 0.15) is 11.3 Å². The smallest absolute Gasteiger partial charge is 0.341 e. The molecule has 0 saturated heterocycles. The van der Waals surface area contributed by atoms with Crippen molar-refractivity contribution in [2.24, 2.45) is 0 Å². The Labute approximate surface area is 111 Å². The Morgan fingerprint density at radius 1 is 1.16 bits per heavy atom. The summed E-state index contributed by atoms with van der Waals surface area (Å²) in [5.74, 6) is -0.344. The van der Waals surface area contributed by atoms with Crippen molar-refractivity contribution < 1.29 is 23.8 Å². The Hall–Kier alpha value is -2.30. The minimum Gasteiger partial charge on any atom is -0.496 e. The molecular weight excluding hydrogens is 248 g/mol. The minimum atomic E-state index is -0.457. The lowest BCUT2D eigenvalue weighted by Gasteiger charge is -2.07. The molecule has 0 fully saturated rings. The first kappa shape index (κ1) is 14.8. The number of methoxy groups -OCH3 is 3. The maximum Gasteiger partial charge on any atom is 0.341 e. The lowest BCUT2D eigenvalue weighted by molar-refractivity contribution is -0.139. The summed E-state index contributed by atoms with van der Waals surface area (Å²) in [4.78, 5) is 22.4. The maximum absolute atomic E-state index is 11.5. The van der Waals surface area contributed by atoms with Gasteiger partial charge in [0.05, 0.1) is 27.8 Å². The summed E-state index contributed by atoms with van der Waals surface area (Å²) in [6, 6.07) is 5.05. The van der Waals surface area contributed by atoms with Gasteiger partial charge in [0.2, 0.25) is 0 Å². The molecule has 0 aliphatic heterocycles. The zero-order chi connectivity index (χ0) is 14.3. The third-order valence-electron chi connectivity index (χ3n) is 2.45. The SMILES string of the molecule is COC(=O)CC=Cc1ccc(C(=O)OC)c(OC)c1. The average molecular weight is 264 g/mol. The zero-order valence-electron chi connectivity index (χ0n) is 11.1. The molecule has 0 aliphatic rings. The summed E-state index contributed by atoms with van der Waals surface area (Å²) < 4.78 is 14.3. The number of ether oxygens (including phenoxy) is 3. The molecule has 0 radical (unpaired) electrons. The quantitative estimate of drug-likeness (QED) is 0.762. The lowest BCUT2D eigenvalue weighted by Crippen LogP contribution is -2.04. The highest BCUT2D eigenvalue weighted by Gasteiger charge is 2.12. The Bertz CT molecular complexity index is 491. The van der Waals surface area contributed by atoms with Gasteiger partial charge in [0.15, 0.2) is 0 Å². The van der Waals surface area contributed by atoms with E-state index in [-0.39, 0.29) is 12.4 Å². The van der Waals surface area contributed by atoms with Gasteiger partial charge < -0.3 is 14.2 Å². The molecule has 0 bridgehead atoms. The summed E-state index contributed by atoms with van der Waals surface area (Å²) in [5.41, 5.74) is 1.17. The fourth-order valence-corrected chi connectivity index (χ4v) is 1.46. The van der Waals surface area contributed by atoms with Crippen molar-refractivity contribution in [3.8, 4) is 5.75 Å². The van der Waals surface area contributed by atoms with Crippen LogP contribution in [0.1, 0.15) is 22.3 Å². The van der Waals surface area contributed by atoms with E-state index >= 15 is 0 Å². The van der Waals surface area contributed by atoms with Crippen molar-refractivity contribution >= 4 is 18.0 Å². The third-order valence-corrected chi connectivity index (χ3v) is 2.45. The number of esters is 2. The summed E-state index contributed by atoms with van der Waals surface area (Å²) in [6.07, 6.45) is 3.62. The van der Waals surface area contributed by atoms with Crippen LogP contribution in [0.5, 0.6) is 5.75 Å². The molecule has 0 saturated carbocycles. The molecule has 0 amide bonds. The summed E-state index contributed by atoms with van der Waals surface area (Å²) in [6.45, 7) is 0. The predicted octanol–water partition coefficient (Wildman–Crippen LogP) is 2.06. The zero-order valence-corrected chi connectivity index (χ0v) is 11.1. The maximum atomic E-state index is 11.5. The van der Waals surface area contributed by atoms with E-state index < -0.39 is 5.97 Å². The van der Waals surface area contributed by atoms with Crippen LogP contribution in [0.4, 0.5) is 0 Å². The topological polar surface area (TPSA) is 61.8 Å². The van der Waals surface area contributed by atoms with Crippen LogP contribution in [0, 0.1) is 0 Å². The fourth-order valence-electron chi connectivity index (χ4n) is 1.46. The Morgan fingerprint density at radius 3 is 2.47 bits per heavy atom. The number of hydrogen-bond acceptors (Lipinski definition) is 5. The van der Waals surface area contributed by atoms with E-state index in [1.807, 2.05) is 0 Å². The van der Waals surface area contributed by atoms with Crippen molar-refractivity contribution in [3.05, 3.63) is 35.4 Å². The molecule has 0 unspecified atom stereocenters. The number of carbonyl (C=O) groups is 2. The molecule has 0 N–H and O–H groups in total. The Balaban J connectivity index is 2.88. The first-order valence-electron chi connectivity index (χ1n) is 5.62. The van der Waals surface area contributed by atoms with E-state index in [2.05, 4.69) is 9.47 Å². The molecule has 0 spiro atoms. The van der Waals surface area contributed by atoms with Crippen LogP contribution < -0.4 is 4.74 Å². The molecule has 0 atom stereocenters. The van der Waals surface area contributed by atoms with Gasteiger partial charge in [-0.2, -0.15) is 0 Å². The van der Waals surface area contributed by atoms with E-state index in [0.29, 0.717) is 11.3 Å². The van der Waals surface area contributed by atoms with Crippen LogP contribution in [0.2, 0.25) is 0 Å². The van der Waals surface area contributed by atoms with Crippen LogP contribution in [0.15, 0.2) is 24.3 Å². The second kappa shape index (κ2) is 7.20. The molecule has 1 aromatic rings. The van der Waals surface area contributed by atoms with Gasteiger partial charge in [-0.3, -0.25) is 4.79 Å². The Morgan fingerprint density at radius 2 is 1.89 bits per heavy atom. The highest BCUT2D eigenvalue weighted by atomic mass is 16.5. The third kappa shape index (κ3) is 4.13. The van der Waals surface area contributed by atoms with Crippen LogP contribution in [0.25, 0.3) is 6.08 Å². The van der Waals surface area contributed by atoms with E-state index in [0.717, 1.165) is 5.56 Å². The van der Waals surface area contributed by atoms with Gasteiger partial charge >= 0.3 is 11.9 Å². The normalized spacial score (nSPS) is 10.3. The van der Waals surface area contributed by atoms with Crippen molar-refractivity contribution in [1.82, 2.24) is 0 Å². The van der Waals surface area contributed by atoms with Gasteiger partial charge in [0, 0.05) is 0 Å². The second-order valence-corrected chi connectivity index (χ2v) is 3.63. The van der Waals surface area contributed by atoms with Gasteiger partial charge in [-0.1, -0.05) is 18.2 Å². The minimum absolute atomic E-state index is 0.192. The molecule has 19 heavy (non-hydrogen) atoms. The van der Waals surface area contributed by atoms with E-state index in [9.17, 15) is 9.59 Å². The molecule has 5 nitrogen and oxygen atoms in total. The predicted molar refractivity (Wildman–Crippen MR) is 70.0 cm³/mol. The molecule has 5 heteroatoms. The molecule has 0 aliphatic carbocycles. The van der Waals surface area contributed by atoms with Gasteiger partial charge in [-0.25, -0.2) is 4.79 Å².